The molecule has 0 atom stereocenters. The standard InChI is InChI=1S/C15H22N2O4/c1-20-15-6-5-14(17(18)19)9-13(15)10-16-7-2-8-21-11-12-3-4-12/h5-6,9,12,16H,2-4,7-8,10-11H2,1H3. The average Bonchev–Trinajstić information content (AvgIpc) is 3.30. The summed E-state index contributed by atoms with van der Waals surface area (Å²) >= 11 is 0. The molecular weight excluding hydrogens is 272 g/mol. The Balaban J connectivity index is 1.70. The maximum Gasteiger partial charge on any atom is 0.270 e. The Bertz CT molecular complexity index is 475. The summed E-state index contributed by atoms with van der Waals surface area (Å²) < 4.78 is 10.8. The molecule has 6 nitrogen and oxygen atoms in total. The minimum absolute atomic E-state index is 0.0837. The highest BCUT2D eigenvalue weighted by Gasteiger charge is 2.20. The second-order valence-corrected chi connectivity index (χ2v) is 5.30. The summed E-state index contributed by atoms with van der Waals surface area (Å²) in [5.74, 6) is 1.46. The van der Waals surface area contributed by atoms with Crippen LogP contribution in [0.2, 0.25) is 0 Å². The number of benzene rings is 1. The number of nitro groups is 1. The smallest absolute Gasteiger partial charge is 0.270 e. The molecule has 21 heavy (non-hydrogen) atoms. The van der Waals surface area contributed by atoms with E-state index in [1.807, 2.05) is 0 Å². The third kappa shape index (κ3) is 5.32. The van der Waals surface area contributed by atoms with Gasteiger partial charge in [-0.15, -0.1) is 0 Å². The van der Waals surface area contributed by atoms with Gasteiger partial charge in [0.15, 0.2) is 0 Å². The SMILES string of the molecule is COc1ccc([N+](=O)[O-])cc1CNCCCOCC1CC1. The van der Waals surface area contributed by atoms with Crippen molar-refractivity contribution < 1.29 is 14.4 Å². The Morgan fingerprint density at radius 1 is 1.43 bits per heavy atom. The minimum atomic E-state index is -0.394. The normalized spacial score (nSPS) is 14.1. The summed E-state index contributed by atoms with van der Waals surface area (Å²) in [7, 11) is 1.57. The van der Waals surface area contributed by atoms with Crippen molar-refractivity contribution in [1.29, 1.82) is 0 Å². The maximum atomic E-state index is 10.8. The quantitative estimate of drug-likeness (QED) is 0.408. The molecule has 2 rings (SSSR count). The molecule has 0 amide bonds. The minimum Gasteiger partial charge on any atom is -0.496 e. The molecule has 0 radical (unpaired) electrons. The van der Waals surface area contributed by atoms with E-state index in [1.165, 1.54) is 18.9 Å². The van der Waals surface area contributed by atoms with E-state index in [1.54, 1.807) is 19.2 Å². The van der Waals surface area contributed by atoms with Gasteiger partial charge in [0, 0.05) is 37.5 Å². The lowest BCUT2D eigenvalue weighted by Gasteiger charge is -2.09. The number of rotatable bonds is 10. The Labute approximate surface area is 124 Å². The van der Waals surface area contributed by atoms with Gasteiger partial charge in [-0.3, -0.25) is 10.1 Å². The molecule has 0 spiro atoms. The van der Waals surface area contributed by atoms with Crippen molar-refractivity contribution in [3.8, 4) is 5.75 Å². The summed E-state index contributed by atoms with van der Waals surface area (Å²) in [6, 6.07) is 4.64. The molecular formula is C15H22N2O4. The van der Waals surface area contributed by atoms with E-state index in [9.17, 15) is 10.1 Å². The number of nitrogens with zero attached hydrogens (tertiary/aromatic N) is 1. The van der Waals surface area contributed by atoms with Crippen molar-refractivity contribution in [2.24, 2.45) is 5.92 Å². The van der Waals surface area contributed by atoms with Gasteiger partial charge in [0.2, 0.25) is 0 Å². The van der Waals surface area contributed by atoms with Crippen LogP contribution in [-0.2, 0) is 11.3 Å². The van der Waals surface area contributed by atoms with Crippen molar-refractivity contribution >= 4 is 5.69 Å². The fraction of sp³-hybridized carbons (Fsp3) is 0.600. The number of methoxy groups -OCH3 is 1. The molecule has 0 heterocycles. The van der Waals surface area contributed by atoms with E-state index in [4.69, 9.17) is 9.47 Å². The van der Waals surface area contributed by atoms with E-state index in [-0.39, 0.29) is 5.69 Å². The highest BCUT2D eigenvalue weighted by molar-refractivity contribution is 5.43. The second kappa shape index (κ2) is 7.95. The van der Waals surface area contributed by atoms with Crippen LogP contribution >= 0.6 is 0 Å². The van der Waals surface area contributed by atoms with Crippen LogP contribution in [0.3, 0.4) is 0 Å². The zero-order chi connectivity index (χ0) is 15.1. The molecule has 1 N–H and O–H groups in total. The van der Waals surface area contributed by atoms with Crippen LogP contribution in [0.4, 0.5) is 5.69 Å². The van der Waals surface area contributed by atoms with Crippen molar-refractivity contribution in [3.05, 3.63) is 33.9 Å². The maximum absolute atomic E-state index is 10.8. The van der Waals surface area contributed by atoms with Gasteiger partial charge in [0.25, 0.3) is 5.69 Å². The predicted octanol–water partition coefficient (Wildman–Crippen LogP) is 2.51. The molecule has 0 unspecified atom stereocenters. The fourth-order valence-electron chi connectivity index (χ4n) is 2.07. The van der Waals surface area contributed by atoms with Crippen LogP contribution in [0.15, 0.2) is 18.2 Å². The molecule has 6 heteroatoms. The van der Waals surface area contributed by atoms with Gasteiger partial charge in [-0.05, 0) is 37.8 Å². The zero-order valence-corrected chi connectivity index (χ0v) is 12.3. The van der Waals surface area contributed by atoms with Gasteiger partial charge in [0.1, 0.15) is 5.75 Å². The monoisotopic (exact) mass is 294 g/mol. The summed E-state index contributed by atoms with van der Waals surface area (Å²) in [5, 5.41) is 14.1. The third-order valence-corrected chi connectivity index (χ3v) is 3.48. The van der Waals surface area contributed by atoms with Gasteiger partial charge < -0.3 is 14.8 Å². The first-order valence-corrected chi connectivity index (χ1v) is 7.30. The van der Waals surface area contributed by atoms with Gasteiger partial charge in [-0.25, -0.2) is 0 Å². The third-order valence-electron chi connectivity index (χ3n) is 3.48. The second-order valence-electron chi connectivity index (χ2n) is 5.30. The summed E-state index contributed by atoms with van der Waals surface area (Å²) in [6.07, 6.45) is 3.56. The number of hydrogen-bond donors (Lipinski definition) is 1. The largest absolute Gasteiger partial charge is 0.496 e. The first kappa shape index (κ1) is 15.7. The van der Waals surface area contributed by atoms with Crippen molar-refractivity contribution in [3.63, 3.8) is 0 Å². The van der Waals surface area contributed by atoms with Crippen LogP contribution in [0.25, 0.3) is 0 Å². The highest BCUT2D eigenvalue weighted by Crippen LogP contribution is 2.28. The summed E-state index contributed by atoms with van der Waals surface area (Å²) in [4.78, 5) is 10.4. The number of ether oxygens (including phenoxy) is 2. The molecule has 0 bridgehead atoms. The van der Waals surface area contributed by atoms with E-state index < -0.39 is 4.92 Å². The van der Waals surface area contributed by atoms with Crippen LogP contribution in [0.5, 0.6) is 5.75 Å². The predicted molar refractivity (Wildman–Crippen MR) is 79.5 cm³/mol. The van der Waals surface area contributed by atoms with Gasteiger partial charge in [0.05, 0.1) is 12.0 Å². The molecule has 1 aromatic carbocycles. The van der Waals surface area contributed by atoms with E-state index >= 15 is 0 Å². The fourth-order valence-corrected chi connectivity index (χ4v) is 2.07. The van der Waals surface area contributed by atoms with Crippen molar-refractivity contribution in [1.82, 2.24) is 5.32 Å². The van der Waals surface area contributed by atoms with Gasteiger partial charge in [-0.1, -0.05) is 0 Å². The Morgan fingerprint density at radius 3 is 2.90 bits per heavy atom. The van der Waals surface area contributed by atoms with Crippen molar-refractivity contribution in [2.75, 3.05) is 26.9 Å². The summed E-state index contributed by atoms with van der Waals surface area (Å²) in [6.45, 7) is 3.01. The van der Waals surface area contributed by atoms with E-state index in [0.717, 1.165) is 37.7 Å². The topological polar surface area (TPSA) is 73.6 Å². The molecule has 1 aliphatic carbocycles. The van der Waals surface area contributed by atoms with Gasteiger partial charge >= 0.3 is 0 Å². The van der Waals surface area contributed by atoms with E-state index in [2.05, 4.69) is 5.32 Å². The molecule has 0 aromatic heterocycles. The summed E-state index contributed by atoms with van der Waals surface area (Å²) in [5.41, 5.74) is 0.881. The number of hydrogen-bond acceptors (Lipinski definition) is 5. The Morgan fingerprint density at radius 2 is 2.24 bits per heavy atom. The van der Waals surface area contributed by atoms with E-state index in [0.29, 0.717) is 12.3 Å². The molecule has 1 saturated carbocycles. The van der Waals surface area contributed by atoms with Gasteiger partial charge in [-0.2, -0.15) is 0 Å². The Hall–Kier alpha value is -1.66. The first-order chi connectivity index (χ1) is 10.2. The Kier molecular flexibility index (Phi) is 5.95. The molecule has 0 saturated heterocycles. The lowest BCUT2D eigenvalue weighted by molar-refractivity contribution is -0.384. The van der Waals surface area contributed by atoms with Crippen molar-refractivity contribution in [2.45, 2.75) is 25.8 Å². The number of nitrogens with one attached hydrogen (secondary N) is 1. The molecule has 116 valence electrons. The zero-order valence-electron chi connectivity index (χ0n) is 12.3. The first-order valence-electron chi connectivity index (χ1n) is 7.30. The van der Waals surface area contributed by atoms with Crippen LogP contribution in [0, 0.1) is 16.0 Å². The molecule has 1 aliphatic rings. The van der Waals surface area contributed by atoms with Crippen LogP contribution in [0.1, 0.15) is 24.8 Å². The van der Waals surface area contributed by atoms with Crippen LogP contribution in [-0.4, -0.2) is 31.8 Å². The average molecular weight is 294 g/mol. The molecule has 0 aliphatic heterocycles. The number of non-ortho nitro benzene ring substituents is 1. The lowest BCUT2D eigenvalue weighted by Crippen LogP contribution is -2.17. The number of nitro benzene ring substituents is 1. The highest BCUT2D eigenvalue weighted by atomic mass is 16.6. The lowest BCUT2D eigenvalue weighted by atomic mass is 10.1. The molecule has 1 fully saturated rings. The molecule has 1 aromatic rings. The van der Waals surface area contributed by atoms with Crippen LogP contribution < -0.4 is 10.1 Å².